The zero-order chi connectivity index (χ0) is 13.2. The van der Waals surface area contributed by atoms with Crippen molar-refractivity contribution in [1.82, 2.24) is 0 Å². The van der Waals surface area contributed by atoms with Gasteiger partial charge in [-0.05, 0) is 29.3 Å². The fourth-order valence-corrected chi connectivity index (χ4v) is 3.64. The lowest BCUT2D eigenvalue weighted by Crippen LogP contribution is -1.97. The molecule has 17 heavy (non-hydrogen) atoms. The number of hydrogen-bond donors (Lipinski definition) is 2. The van der Waals surface area contributed by atoms with Crippen LogP contribution < -0.4 is 0 Å². The van der Waals surface area contributed by atoms with Crippen LogP contribution in [0.1, 0.15) is 0 Å². The summed E-state index contributed by atoms with van der Waals surface area (Å²) in [6.45, 7) is 0. The third kappa shape index (κ3) is 3.72. The van der Waals surface area contributed by atoms with Crippen molar-refractivity contribution in [3.05, 3.63) is 38.4 Å². The number of para-hydroxylation sites is 1. The van der Waals surface area contributed by atoms with Gasteiger partial charge in [-0.3, -0.25) is 20.2 Å². The van der Waals surface area contributed by atoms with Crippen LogP contribution in [0.4, 0.5) is 11.4 Å². The zero-order valence-electron chi connectivity index (χ0n) is 7.92. The van der Waals surface area contributed by atoms with E-state index < -0.39 is 26.9 Å². The van der Waals surface area contributed by atoms with Crippen LogP contribution in [-0.4, -0.2) is 19.6 Å². The summed E-state index contributed by atoms with van der Waals surface area (Å²) in [5, 5.41) is 21.3. The first-order chi connectivity index (χ1) is 7.72. The number of nitro groups is 2. The summed E-state index contributed by atoms with van der Waals surface area (Å²) in [5.74, 6) is 0. The molecule has 92 valence electrons. The van der Waals surface area contributed by atoms with E-state index in [0.717, 1.165) is 6.07 Å². The van der Waals surface area contributed by atoms with Crippen molar-refractivity contribution in [2.45, 2.75) is 4.90 Å². The van der Waals surface area contributed by atoms with E-state index >= 15 is 0 Å². The van der Waals surface area contributed by atoms with Crippen LogP contribution >= 0.6 is 17.1 Å². The van der Waals surface area contributed by atoms with Gasteiger partial charge in [-0.2, -0.15) is 0 Å². The average Bonchev–Trinajstić information content (AvgIpc) is 2.14. The molecule has 0 atom stereocenters. The molecule has 1 aromatic rings. The van der Waals surface area contributed by atoms with E-state index in [-0.39, 0.29) is 16.3 Å². The highest BCUT2D eigenvalue weighted by Crippen LogP contribution is 2.57. The summed E-state index contributed by atoms with van der Waals surface area (Å²) in [5.41, 5.74) is -5.29. The molecular formula is C6H5N2O6PS2. The first-order valence-electron chi connectivity index (χ1n) is 3.89. The fourth-order valence-electron chi connectivity index (χ4n) is 1.04. The molecule has 0 fully saturated rings. The van der Waals surface area contributed by atoms with Gasteiger partial charge in [0, 0.05) is 6.07 Å². The smallest absolute Gasteiger partial charge is 0.337 e. The normalized spacial score (nSPS) is 11.2. The largest absolute Gasteiger partial charge is 0.359 e. The van der Waals surface area contributed by atoms with Gasteiger partial charge < -0.3 is 9.79 Å². The Kier molecular flexibility index (Phi) is 4.17. The SMILES string of the molecule is O=[N+]([O-])c1cccc(SP(O)(O)=S)c1[N+](=O)[O-]. The van der Waals surface area contributed by atoms with Crippen LogP contribution in [-0.2, 0) is 11.8 Å². The Balaban J connectivity index is 3.40. The minimum absolute atomic E-state index is 0.238. The van der Waals surface area contributed by atoms with Crippen molar-refractivity contribution in [1.29, 1.82) is 0 Å². The van der Waals surface area contributed by atoms with Crippen LogP contribution in [0.5, 0.6) is 0 Å². The van der Waals surface area contributed by atoms with E-state index in [1.165, 1.54) is 12.1 Å². The molecular weight excluding hydrogens is 291 g/mol. The molecule has 1 aromatic carbocycles. The topological polar surface area (TPSA) is 127 Å². The maximum atomic E-state index is 10.7. The average molecular weight is 296 g/mol. The molecule has 1 rings (SSSR count). The summed E-state index contributed by atoms with van der Waals surface area (Å²) in [6.07, 6.45) is 0. The molecule has 0 unspecified atom stereocenters. The van der Waals surface area contributed by atoms with Crippen LogP contribution in [0.15, 0.2) is 23.1 Å². The van der Waals surface area contributed by atoms with E-state index in [1.807, 2.05) is 0 Å². The zero-order valence-corrected chi connectivity index (χ0v) is 10.4. The summed E-state index contributed by atoms with van der Waals surface area (Å²) in [6, 6.07) is 3.34. The Morgan fingerprint density at radius 2 is 1.82 bits per heavy atom. The van der Waals surface area contributed by atoms with Crippen molar-refractivity contribution in [3.8, 4) is 0 Å². The highest BCUT2D eigenvalue weighted by Gasteiger charge is 2.30. The minimum Gasteiger partial charge on any atom is -0.337 e. The summed E-state index contributed by atoms with van der Waals surface area (Å²) >= 11 is 4.59. The van der Waals surface area contributed by atoms with Crippen LogP contribution in [0.3, 0.4) is 0 Å². The molecule has 0 saturated carbocycles. The standard InChI is InChI=1S/C6H5N2O6PS2/c9-7(10)4-2-1-3-5(6(4)8(11)12)17-15(13,14)16/h1-3H,(H2,13,14,16). The molecule has 8 nitrogen and oxygen atoms in total. The highest BCUT2D eigenvalue weighted by molar-refractivity contribution is 8.67. The van der Waals surface area contributed by atoms with Gasteiger partial charge in [0.25, 0.3) is 0 Å². The van der Waals surface area contributed by atoms with Crippen molar-refractivity contribution in [2.75, 3.05) is 0 Å². The lowest BCUT2D eigenvalue weighted by molar-refractivity contribution is -0.424. The number of benzene rings is 1. The van der Waals surface area contributed by atoms with Gasteiger partial charge in [-0.25, -0.2) is 0 Å². The van der Waals surface area contributed by atoms with E-state index in [9.17, 15) is 20.2 Å². The molecule has 0 aliphatic rings. The Morgan fingerprint density at radius 1 is 1.24 bits per heavy atom. The van der Waals surface area contributed by atoms with Crippen molar-refractivity contribution in [2.24, 2.45) is 0 Å². The number of nitrogens with zero attached hydrogens (tertiary/aromatic N) is 2. The van der Waals surface area contributed by atoms with Gasteiger partial charge in [-0.15, -0.1) is 0 Å². The molecule has 0 bridgehead atoms. The van der Waals surface area contributed by atoms with Crippen molar-refractivity contribution >= 4 is 40.3 Å². The van der Waals surface area contributed by atoms with Gasteiger partial charge in [0.05, 0.1) is 9.85 Å². The van der Waals surface area contributed by atoms with Crippen molar-refractivity contribution < 1.29 is 19.6 Å². The predicted molar refractivity (Wildman–Crippen MR) is 64.3 cm³/mol. The quantitative estimate of drug-likeness (QED) is 0.489. The second-order valence-electron chi connectivity index (χ2n) is 2.72. The Labute approximate surface area is 103 Å². The molecule has 11 heteroatoms. The molecule has 2 N–H and O–H groups in total. The molecule has 0 aliphatic heterocycles. The van der Waals surface area contributed by atoms with Gasteiger partial charge in [0.2, 0.25) is 5.69 Å². The van der Waals surface area contributed by atoms with E-state index in [4.69, 9.17) is 9.79 Å². The Morgan fingerprint density at radius 3 is 2.24 bits per heavy atom. The van der Waals surface area contributed by atoms with Gasteiger partial charge in [0.1, 0.15) is 4.90 Å². The fraction of sp³-hybridized carbons (Fsp3) is 0. The maximum Gasteiger partial charge on any atom is 0.359 e. The monoisotopic (exact) mass is 296 g/mol. The Bertz CT molecular complexity index is 529. The van der Waals surface area contributed by atoms with Gasteiger partial charge >= 0.3 is 11.4 Å². The highest BCUT2D eigenvalue weighted by atomic mass is 32.9. The van der Waals surface area contributed by atoms with Crippen LogP contribution in [0.25, 0.3) is 0 Å². The van der Waals surface area contributed by atoms with Crippen LogP contribution in [0, 0.1) is 20.2 Å². The first-order valence-corrected chi connectivity index (χ1v) is 8.02. The molecule has 0 aliphatic carbocycles. The number of rotatable bonds is 4. The minimum atomic E-state index is -3.78. The van der Waals surface area contributed by atoms with E-state index in [2.05, 4.69) is 11.8 Å². The third-order valence-electron chi connectivity index (χ3n) is 1.57. The third-order valence-corrected chi connectivity index (χ3v) is 4.31. The lowest BCUT2D eigenvalue weighted by atomic mass is 10.3. The Hall–Kier alpha value is -1.06. The summed E-state index contributed by atoms with van der Waals surface area (Å²) < 4.78 is 0. The van der Waals surface area contributed by atoms with E-state index in [0.29, 0.717) is 0 Å². The molecule has 0 spiro atoms. The number of hydrogen-bond acceptors (Lipinski definition) is 6. The van der Waals surface area contributed by atoms with Gasteiger partial charge in [0.15, 0.2) is 0 Å². The first kappa shape index (κ1) is 14.0. The van der Waals surface area contributed by atoms with E-state index in [1.54, 1.807) is 0 Å². The molecule has 0 saturated heterocycles. The lowest BCUT2D eigenvalue weighted by Gasteiger charge is -2.06. The van der Waals surface area contributed by atoms with Crippen molar-refractivity contribution in [3.63, 3.8) is 0 Å². The van der Waals surface area contributed by atoms with Gasteiger partial charge in [-0.1, -0.05) is 6.07 Å². The maximum absolute atomic E-state index is 10.7. The molecule has 0 amide bonds. The van der Waals surface area contributed by atoms with Crippen LogP contribution in [0.2, 0.25) is 0 Å². The predicted octanol–water partition coefficient (Wildman–Crippen LogP) is 1.80. The molecule has 0 aromatic heterocycles. The molecule has 0 heterocycles. The number of nitro benzene ring substituents is 2. The summed E-state index contributed by atoms with van der Waals surface area (Å²) in [4.78, 5) is 37.3. The molecule has 0 radical (unpaired) electrons. The second kappa shape index (κ2) is 5.07. The summed E-state index contributed by atoms with van der Waals surface area (Å²) in [7, 11) is 0. The second-order valence-corrected chi connectivity index (χ2v) is 8.62.